The van der Waals surface area contributed by atoms with Crippen LogP contribution in [0.3, 0.4) is 0 Å². The van der Waals surface area contributed by atoms with E-state index in [-0.39, 0.29) is 11.4 Å². The predicted octanol–water partition coefficient (Wildman–Crippen LogP) is 2.00. The van der Waals surface area contributed by atoms with E-state index in [1.54, 1.807) is 0 Å². The lowest BCUT2D eigenvalue weighted by atomic mass is 9.75. The van der Waals surface area contributed by atoms with Crippen molar-refractivity contribution in [1.29, 1.82) is 0 Å². The number of halogens is 1. The minimum atomic E-state index is 0.165. The molecule has 0 radical (unpaired) electrons. The van der Waals surface area contributed by atoms with E-state index >= 15 is 0 Å². The van der Waals surface area contributed by atoms with Gasteiger partial charge in [-0.2, -0.15) is 0 Å². The van der Waals surface area contributed by atoms with E-state index < -0.39 is 0 Å². The van der Waals surface area contributed by atoms with E-state index in [0.717, 1.165) is 19.4 Å². The lowest BCUT2D eigenvalue weighted by Crippen LogP contribution is -2.57. The molecule has 0 aromatic heterocycles. The smallest absolute Gasteiger partial charge is 0.220 e. The maximum absolute atomic E-state index is 11.6. The average molecular weight is 247 g/mol. The molecule has 1 amide bonds. The van der Waals surface area contributed by atoms with Gasteiger partial charge in [-0.25, -0.2) is 0 Å². The highest BCUT2D eigenvalue weighted by Gasteiger charge is 2.38. The Morgan fingerprint density at radius 3 is 2.50 bits per heavy atom. The normalized spacial score (nSPS) is 18.2. The Morgan fingerprint density at radius 2 is 2.06 bits per heavy atom. The second kappa shape index (κ2) is 6.45. The quantitative estimate of drug-likeness (QED) is 0.551. The van der Waals surface area contributed by atoms with Crippen LogP contribution in [0.1, 0.15) is 38.5 Å². The van der Waals surface area contributed by atoms with Crippen LogP contribution in [0, 0.1) is 0 Å². The van der Waals surface area contributed by atoms with Crippen LogP contribution in [0.5, 0.6) is 0 Å². The van der Waals surface area contributed by atoms with Gasteiger partial charge in [-0.15, -0.1) is 11.6 Å². The van der Waals surface area contributed by atoms with Crippen molar-refractivity contribution in [2.24, 2.45) is 0 Å². The molecule has 1 saturated carbocycles. The number of carbonyl (C=O) groups excluding carboxylic acids is 1. The van der Waals surface area contributed by atoms with Crippen LogP contribution < -0.4 is 5.32 Å². The molecule has 1 N–H and O–H groups in total. The molecule has 0 saturated heterocycles. The molecule has 0 aromatic carbocycles. The van der Waals surface area contributed by atoms with E-state index in [4.69, 9.17) is 11.6 Å². The topological polar surface area (TPSA) is 32.3 Å². The second-order valence-corrected chi connectivity index (χ2v) is 5.27. The zero-order valence-corrected chi connectivity index (χ0v) is 11.1. The van der Waals surface area contributed by atoms with E-state index in [1.165, 1.54) is 19.3 Å². The van der Waals surface area contributed by atoms with Crippen molar-refractivity contribution in [2.75, 3.05) is 26.5 Å². The third-order valence-corrected chi connectivity index (χ3v) is 3.90. The minimum absolute atomic E-state index is 0.165. The number of nitrogens with one attached hydrogen (secondary N) is 1. The fourth-order valence-electron chi connectivity index (χ4n) is 2.10. The molecular weight excluding hydrogens is 224 g/mol. The third-order valence-electron chi connectivity index (χ3n) is 3.64. The zero-order chi connectivity index (χ0) is 12.0. The summed E-state index contributed by atoms with van der Waals surface area (Å²) in [5.41, 5.74) is 0.224. The molecule has 0 atom stereocenters. The third kappa shape index (κ3) is 3.63. The molecule has 0 bridgehead atoms. The maximum Gasteiger partial charge on any atom is 0.220 e. The Morgan fingerprint density at radius 1 is 1.38 bits per heavy atom. The molecule has 1 aliphatic carbocycles. The number of unbranched alkanes of at least 4 members (excludes halogenated alkanes) is 1. The summed E-state index contributed by atoms with van der Waals surface area (Å²) in [4.78, 5) is 13.8. The summed E-state index contributed by atoms with van der Waals surface area (Å²) >= 11 is 5.57. The fraction of sp³-hybridized carbons (Fsp3) is 0.917. The van der Waals surface area contributed by atoms with Crippen LogP contribution in [-0.2, 0) is 4.79 Å². The van der Waals surface area contributed by atoms with Gasteiger partial charge in [0.25, 0.3) is 0 Å². The van der Waals surface area contributed by atoms with Crippen molar-refractivity contribution in [3.8, 4) is 0 Å². The number of carbonyl (C=O) groups is 1. The highest BCUT2D eigenvalue weighted by Crippen LogP contribution is 2.35. The molecule has 0 heterocycles. The van der Waals surface area contributed by atoms with E-state index in [0.29, 0.717) is 12.3 Å². The zero-order valence-electron chi connectivity index (χ0n) is 10.4. The van der Waals surface area contributed by atoms with Crippen LogP contribution >= 0.6 is 11.6 Å². The average Bonchev–Trinajstić information content (AvgIpc) is 2.16. The summed E-state index contributed by atoms with van der Waals surface area (Å²) in [6, 6.07) is 0. The van der Waals surface area contributed by atoms with Crippen molar-refractivity contribution < 1.29 is 4.79 Å². The molecular formula is C12H23ClN2O. The van der Waals surface area contributed by atoms with Crippen LogP contribution in [0.15, 0.2) is 0 Å². The summed E-state index contributed by atoms with van der Waals surface area (Å²) in [6.07, 6.45) is 6.10. The van der Waals surface area contributed by atoms with Gasteiger partial charge in [0, 0.05) is 24.4 Å². The van der Waals surface area contributed by atoms with Gasteiger partial charge in [-0.3, -0.25) is 4.79 Å². The van der Waals surface area contributed by atoms with Gasteiger partial charge >= 0.3 is 0 Å². The van der Waals surface area contributed by atoms with Gasteiger partial charge in [0.2, 0.25) is 5.91 Å². The first-order valence-electron chi connectivity index (χ1n) is 6.11. The number of amides is 1. The van der Waals surface area contributed by atoms with Gasteiger partial charge in [0.15, 0.2) is 0 Å². The predicted molar refractivity (Wildman–Crippen MR) is 67.8 cm³/mol. The largest absolute Gasteiger partial charge is 0.354 e. The standard InChI is InChI=1S/C12H23ClN2O/c1-15(2)12(7-5-8-12)10-14-11(16)6-3-4-9-13/h3-10H2,1-2H3,(H,14,16). The molecule has 3 nitrogen and oxygen atoms in total. The van der Waals surface area contributed by atoms with E-state index in [1.807, 2.05) is 0 Å². The number of alkyl halides is 1. The van der Waals surface area contributed by atoms with Gasteiger partial charge in [-0.1, -0.05) is 0 Å². The first kappa shape index (κ1) is 13.8. The van der Waals surface area contributed by atoms with Crippen LogP contribution in [0.4, 0.5) is 0 Å². The van der Waals surface area contributed by atoms with Gasteiger partial charge in [0.05, 0.1) is 0 Å². The molecule has 0 aliphatic heterocycles. The highest BCUT2D eigenvalue weighted by atomic mass is 35.5. The summed E-state index contributed by atoms with van der Waals surface area (Å²) in [6.45, 7) is 0.791. The Kier molecular flexibility index (Phi) is 5.56. The molecule has 16 heavy (non-hydrogen) atoms. The lowest BCUT2D eigenvalue weighted by Gasteiger charge is -2.47. The summed E-state index contributed by atoms with van der Waals surface area (Å²) in [7, 11) is 4.19. The van der Waals surface area contributed by atoms with Crippen molar-refractivity contribution in [3.63, 3.8) is 0 Å². The summed E-state index contributed by atoms with van der Waals surface area (Å²) < 4.78 is 0. The van der Waals surface area contributed by atoms with Crippen LogP contribution in [-0.4, -0.2) is 42.9 Å². The molecule has 1 aliphatic rings. The van der Waals surface area contributed by atoms with Crippen molar-refractivity contribution >= 4 is 17.5 Å². The first-order valence-corrected chi connectivity index (χ1v) is 6.64. The Balaban J connectivity index is 2.20. The molecule has 0 spiro atoms. The first-order chi connectivity index (χ1) is 7.60. The van der Waals surface area contributed by atoms with Gasteiger partial charge in [-0.05, 0) is 46.2 Å². The summed E-state index contributed by atoms with van der Waals surface area (Å²) in [5.74, 6) is 0.813. The van der Waals surface area contributed by atoms with Gasteiger partial charge < -0.3 is 10.2 Å². The second-order valence-electron chi connectivity index (χ2n) is 4.90. The molecule has 4 heteroatoms. The highest BCUT2D eigenvalue weighted by molar-refractivity contribution is 6.17. The molecule has 0 aromatic rings. The van der Waals surface area contributed by atoms with Crippen molar-refractivity contribution in [3.05, 3.63) is 0 Å². The molecule has 1 rings (SSSR count). The fourth-order valence-corrected chi connectivity index (χ4v) is 2.29. The Bertz CT molecular complexity index is 227. The summed E-state index contributed by atoms with van der Waals surface area (Å²) in [5, 5.41) is 3.04. The monoisotopic (exact) mass is 246 g/mol. The Hall–Kier alpha value is -0.280. The molecule has 1 fully saturated rings. The Labute approximate surface area is 104 Å². The van der Waals surface area contributed by atoms with Crippen LogP contribution in [0.25, 0.3) is 0 Å². The van der Waals surface area contributed by atoms with E-state index in [2.05, 4.69) is 24.3 Å². The molecule has 0 unspecified atom stereocenters. The maximum atomic E-state index is 11.6. The SMILES string of the molecule is CN(C)C1(CNC(=O)CCCCCl)CCC1. The minimum Gasteiger partial charge on any atom is -0.354 e. The number of rotatable bonds is 7. The lowest BCUT2D eigenvalue weighted by molar-refractivity contribution is -0.122. The number of hydrogen-bond donors (Lipinski definition) is 1. The molecule has 94 valence electrons. The number of likely N-dealkylation sites (N-methyl/N-ethyl adjacent to an activating group) is 1. The van der Waals surface area contributed by atoms with Crippen molar-refractivity contribution in [2.45, 2.75) is 44.1 Å². The van der Waals surface area contributed by atoms with Crippen LogP contribution in [0.2, 0.25) is 0 Å². The van der Waals surface area contributed by atoms with E-state index in [9.17, 15) is 4.79 Å². The number of hydrogen-bond acceptors (Lipinski definition) is 2. The number of nitrogens with zero attached hydrogens (tertiary/aromatic N) is 1. The van der Waals surface area contributed by atoms with Crippen molar-refractivity contribution in [1.82, 2.24) is 10.2 Å². The van der Waals surface area contributed by atoms with Gasteiger partial charge in [0.1, 0.15) is 0 Å².